The summed E-state index contributed by atoms with van der Waals surface area (Å²) >= 11 is 0. The molecule has 0 aliphatic heterocycles. The van der Waals surface area contributed by atoms with Crippen LogP contribution in [0.15, 0.2) is 140 Å². The normalized spacial score (nSPS) is 15.3. The van der Waals surface area contributed by atoms with Crippen molar-refractivity contribution in [2.24, 2.45) is 0 Å². The number of hydrogen-bond donors (Lipinski definition) is 0. The van der Waals surface area contributed by atoms with E-state index in [1.54, 1.807) is 0 Å². The Labute approximate surface area is 286 Å². The molecule has 11 rings (SSSR count). The molecular weight excluding hydrogens is 591 g/mol. The number of benzene rings is 8. The lowest BCUT2D eigenvalue weighted by atomic mass is 9.82. The lowest BCUT2D eigenvalue weighted by Gasteiger charge is -2.22. The van der Waals surface area contributed by atoms with Gasteiger partial charge in [-0.1, -0.05) is 131 Å². The van der Waals surface area contributed by atoms with E-state index < -0.39 is 0 Å². The van der Waals surface area contributed by atoms with Crippen molar-refractivity contribution < 1.29 is 0 Å². The molecule has 0 spiro atoms. The van der Waals surface area contributed by atoms with Gasteiger partial charge in [-0.05, 0) is 113 Å². The van der Waals surface area contributed by atoms with Crippen LogP contribution in [0.4, 0.5) is 0 Å². The van der Waals surface area contributed by atoms with E-state index in [0.29, 0.717) is 0 Å². The van der Waals surface area contributed by atoms with Crippen LogP contribution in [0, 0.1) is 0 Å². The van der Waals surface area contributed by atoms with Gasteiger partial charge in [-0.15, -0.1) is 0 Å². The Balaban J connectivity index is 1.29. The van der Waals surface area contributed by atoms with Gasteiger partial charge in [0.25, 0.3) is 0 Å². The van der Waals surface area contributed by atoms with Crippen molar-refractivity contribution in [2.75, 3.05) is 0 Å². The van der Waals surface area contributed by atoms with Crippen LogP contribution in [0.1, 0.15) is 49.9 Å². The van der Waals surface area contributed by atoms with Crippen molar-refractivity contribution in [3.63, 3.8) is 0 Å². The Kier molecular flexibility index (Phi) is 5.05. The van der Waals surface area contributed by atoms with E-state index in [9.17, 15) is 0 Å². The summed E-state index contributed by atoms with van der Waals surface area (Å²) in [5.74, 6) is 0. The predicted octanol–water partition coefficient (Wildman–Crippen LogP) is 12.9. The van der Waals surface area contributed by atoms with Gasteiger partial charge in [-0.3, -0.25) is 0 Å². The maximum Gasteiger partial charge on any atom is 0.0544 e. The van der Waals surface area contributed by atoms with Crippen molar-refractivity contribution in [1.29, 1.82) is 0 Å². The standard InChI is InChI=1S/C48H35N/c1-47(2)41-19-11-9-17-34(41)37-24-39-40-25-38-35-18-10-12-20-42(35)48(3,4)44(38)27-46(40)49(45(39)26-43(37)47)28-21-22-33-31-15-6-5-13-29(31)30-14-7-8-16-32(30)36(33)23-28/h5-27H,1-4H3. The first-order chi connectivity index (χ1) is 23.8. The Hall–Kier alpha value is -5.66. The van der Waals surface area contributed by atoms with E-state index in [1.165, 1.54) is 104 Å². The number of fused-ring (bicyclic) bond motifs is 15. The third-order valence-electron chi connectivity index (χ3n) is 12.2. The van der Waals surface area contributed by atoms with Crippen molar-refractivity contribution in [3.05, 3.63) is 162 Å². The zero-order chi connectivity index (χ0) is 32.8. The minimum Gasteiger partial charge on any atom is -0.309 e. The first-order valence-corrected chi connectivity index (χ1v) is 17.5. The number of hydrogen-bond acceptors (Lipinski definition) is 0. The molecule has 0 radical (unpaired) electrons. The average molecular weight is 626 g/mol. The van der Waals surface area contributed by atoms with E-state index >= 15 is 0 Å². The number of rotatable bonds is 1. The molecule has 8 aromatic carbocycles. The maximum absolute atomic E-state index is 2.56. The van der Waals surface area contributed by atoms with Gasteiger partial charge in [0.05, 0.1) is 11.0 Å². The fourth-order valence-electron chi connectivity index (χ4n) is 9.72. The molecule has 0 bridgehead atoms. The molecule has 49 heavy (non-hydrogen) atoms. The highest BCUT2D eigenvalue weighted by atomic mass is 15.0. The topological polar surface area (TPSA) is 4.93 Å². The summed E-state index contributed by atoms with van der Waals surface area (Å²) in [6.07, 6.45) is 0. The third-order valence-corrected chi connectivity index (χ3v) is 12.2. The molecule has 0 unspecified atom stereocenters. The lowest BCUT2D eigenvalue weighted by Crippen LogP contribution is -2.15. The second-order valence-electron chi connectivity index (χ2n) is 15.3. The minimum absolute atomic E-state index is 0.0808. The van der Waals surface area contributed by atoms with Crippen LogP contribution < -0.4 is 0 Å². The van der Waals surface area contributed by atoms with Crippen LogP contribution in [0.25, 0.3) is 82.1 Å². The number of aromatic nitrogens is 1. The van der Waals surface area contributed by atoms with Crippen molar-refractivity contribution in [1.82, 2.24) is 4.57 Å². The van der Waals surface area contributed by atoms with Gasteiger partial charge in [-0.2, -0.15) is 0 Å². The molecular formula is C48H35N. The van der Waals surface area contributed by atoms with Gasteiger partial charge in [0.1, 0.15) is 0 Å². The molecule has 0 N–H and O–H groups in total. The van der Waals surface area contributed by atoms with Crippen molar-refractivity contribution in [3.8, 4) is 27.9 Å². The highest BCUT2D eigenvalue weighted by Crippen LogP contribution is 2.54. The molecule has 1 aromatic heterocycles. The van der Waals surface area contributed by atoms with E-state index in [4.69, 9.17) is 0 Å². The second-order valence-corrected chi connectivity index (χ2v) is 15.3. The monoisotopic (exact) mass is 625 g/mol. The average Bonchev–Trinajstić information content (AvgIpc) is 3.66. The Morgan fingerprint density at radius 1 is 0.327 bits per heavy atom. The van der Waals surface area contributed by atoms with Crippen molar-refractivity contribution in [2.45, 2.75) is 38.5 Å². The first kappa shape index (κ1) is 27.3. The molecule has 2 aliphatic rings. The van der Waals surface area contributed by atoms with E-state index in [0.717, 1.165) is 0 Å². The SMILES string of the molecule is CC1(C)c2ccccc2-c2cc3c4cc5c(cc4n(-c4ccc6c7ccccc7c7ccccc7c6c4)c3cc21)C(C)(C)c1ccccc1-5. The summed E-state index contributed by atoms with van der Waals surface area (Å²) in [7, 11) is 0. The molecule has 0 saturated heterocycles. The van der Waals surface area contributed by atoms with Crippen LogP contribution >= 0.6 is 0 Å². The van der Waals surface area contributed by atoms with E-state index in [-0.39, 0.29) is 10.8 Å². The summed E-state index contributed by atoms with van der Waals surface area (Å²) in [6, 6.07) is 52.9. The number of nitrogens with zero attached hydrogens (tertiary/aromatic N) is 1. The molecule has 2 aliphatic carbocycles. The summed E-state index contributed by atoms with van der Waals surface area (Å²) in [4.78, 5) is 0. The zero-order valence-electron chi connectivity index (χ0n) is 28.2. The molecule has 0 saturated carbocycles. The molecule has 0 fully saturated rings. The highest BCUT2D eigenvalue weighted by Gasteiger charge is 2.38. The maximum atomic E-state index is 2.56. The quantitative estimate of drug-likeness (QED) is 0.160. The Bertz CT molecular complexity index is 2770. The van der Waals surface area contributed by atoms with Crippen LogP contribution in [0.5, 0.6) is 0 Å². The van der Waals surface area contributed by atoms with E-state index in [2.05, 4.69) is 172 Å². The van der Waals surface area contributed by atoms with Gasteiger partial charge in [0.2, 0.25) is 0 Å². The molecule has 1 heterocycles. The molecule has 1 heteroatoms. The van der Waals surface area contributed by atoms with E-state index in [1.807, 2.05) is 0 Å². The van der Waals surface area contributed by atoms with Gasteiger partial charge in [-0.25, -0.2) is 0 Å². The van der Waals surface area contributed by atoms with Crippen LogP contribution in [-0.4, -0.2) is 4.57 Å². The molecule has 0 atom stereocenters. The predicted molar refractivity (Wildman–Crippen MR) is 208 cm³/mol. The molecule has 1 nitrogen and oxygen atoms in total. The minimum atomic E-state index is -0.0808. The Morgan fingerprint density at radius 2 is 0.735 bits per heavy atom. The second kappa shape index (κ2) is 9.07. The van der Waals surface area contributed by atoms with Gasteiger partial charge in [0.15, 0.2) is 0 Å². The van der Waals surface area contributed by atoms with Crippen LogP contribution in [0.3, 0.4) is 0 Å². The van der Waals surface area contributed by atoms with Crippen LogP contribution in [0.2, 0.25) is 0 Å². The van der Waals surface area contributed by atoms with Gasteiger partial charge < -0.3 is 4.57 Å². The fraction of sp³-hybridized carbons (Fsp3) is 0.125. The zero-order valence-corrected chi connectivity index (χ0v) is 28.2. The summed E-state index contributed by atoms with van der Waals surface area (Å²) in [6.45, 7) is 9.55. The highest BCUT2D eigenvalue weighted by molar-refractivity contribution is 6.25. The first-order valence-electron chi connectivity index (χ1n) is 17.5. The summed E-state index contributed by atoms with van der Waals surface area (Å²) < 4.78 is 2.56. The fourth-order valence-corrected chi connectivity index (χ4v) is 9.72. The molecule has 232 valence electrons. The molecule has 0 amide bonds. The summed E-state index contributed by atoms with van der Waals surface area (Å²) in [5.41, 5.74) is 14.7. The van der Waals surface area contributed by atoms with Crippen molar-refractivity contribution >= 4 is 54.1 Å². The molecule has 9 aromatic rings. The van der Waals surface area contributed by atoms with Crippen LogP contribution in [-0.2, 0) is 10.8 Å². The third kappa shape index (κ3) is 3.35. The lowest BCUT2D eigenvalue weighted by molar-refractivity contribution is 0.660. The van der Waals surface area contributed by atoms with Gasteiger partial charge >= 0.3 is 0 Å². The smallest absolute Gasteiger partial charge is 0.0544 e. The Morgan fingerprint density at radius 3 is 1.22 bits per heavy atom. The summed E-state index contributed by atoms with van der Waals surface area (Å²) in [5, 5.41) is 10.4. The largest absolute Gasteiger partial charge is 0.309 e. The van der Waals surface area contributed by atoms with Gasteiger partial charge in [0, 0.05) is 27.3 Å².